The molecule has 9 heteroatoms. The molecule has 1 aliphatic heterocycles. The van der Waals surface area contributed by atoms with Crippen molar-refractivity contribution in [2.24, 2.45) is 7.05 Å². The second-order valence-corrected chi connectivity index (χ2v) is 7.11. The molecule has 8 nitrogen and oxygen atoms in total. The first kappa shape index (κ1) is 18.2. The molecule has 0 spiro atoms. The molecule has 3 aromatic rings. The Morgan fingerprint density at radius 3 is 2.50 bits per heavy atom. The number of carbonyl (C=O) groups excluding carboxylic acids is 1. The normalized spacial score (nSPS) is 14.2. The zero-order valence-electron chi connectivity index (χ0n) is 15.5. The van der Waals surface area contributed by atoms with E-state index in [-0.39, 0.29) is 11.6 Å². The lowest BCUT2D eigenvalue weighted by atomic mass is 10.1. The molecule has 2 heterocycles. The highest BCUT2D eigenvalue weighted by atomic mass is 35.5. The summed E-state index contributed by atoms with van der Waals surface area (Å²) in [6.45, 7) is 2.87. The lowest BCUT2D eigenvalue weighted by Gasteiger charge is -2.31. The molecule has 144 valence electrons. The Hall–Kier alpha value is -3.13. The van der Waals surface area contributed by atoms with E-state index >= 15 is 0 Å². The number of aromatic nitrogens is 4. The number of halogens is 1. The maximum absolute atomic E-state index is 12.6. The summed E-state index contributed by atoms with van der Waals surface area (Å²) in [6.07, 6.45) is 0.426. The van der Waals surface area contributed by atoms with E-state index in [9.17, 15) is 9.59 Å². The highest BCUT2D eigenvalue weighted by molar-refractivity contribution is 6.30. The third kappa shape index (κ3) is 3.16. The SMILES string of the molecule is Cc1cccc(-n2nnn(C)c2=O)c1CN1C(=O)CCN1c1ccc(Cl)cc1. The summed E-state index contributed by atoms with van der Waals surface area (Å²) >= 11 is 5.99. The standard InChI is InChI=1S/C19H19ClN6O2/c1-13-4-3-5-17(26-19(28)23(2)21-22-26)16(13)12-25-18(27)10-11-24(25)15-8-6-14(20)7-9-15/h3-9H,10-12H2,1-2H3. The van der Waals surface area contributed by atoms with Crippen LogP contribution in [-0.4, -0.2) is 37.3 Å². The van der Waals surface area contributed by atoms with Crippen molar-refractivity contribution >= 4 is 23.2 Å². The van der Waals surface area contributed by atoms with E-state index in [1.54, 1.807) is 24.2 Å². The third-order valence-corrected chi connectivity index (χ3v) is 5.14. The van der Waals surface area contributed by atoms with Crippen molar-refractivity contribution in [1.82, 2.24) is 24.8 Å². The van der Waals surface area contributed by atoms with E-state index < -0.39 is 0 Å². The summed E-state index contributed by atoms with van der Waals surface area (Å²) in [5, 5.41) is 12.0. The average Bonchev–Trinajstić information content (AvgIpc) is 3.21. The maximum atomic E-state index is 12.6. The van der Waals surface area contributed by atoms with Gasteiger partial charge in [0.05, 0.1) is 17.9 Å². The van der Waals surface area contributed by atoms with E-state index in [0.29, 0.717) is 30.2 Å². The van der Waals surface area contributed by atoms with E-state index in [1.807, 2.05) is 42.3 Å². The number of anilines is 1. The van der Waals surface area contributed by atoms with Gasteiger partial charge in [0.2, 0.25) is 5.91 Å². The highest BCUT2D eigenvalue weighted by Crippen LogP contribution is 2.28. The van der Waals surface area contributed by atoms with Gasteiger partial charge in [-0.05, 0) is 53.2 Å². The molecule has 1 aliphatic rings. The molecule has 1 fully saturated rings. The number of nitrogens with zero attached hydrogens (tertiary/aromatic N) is 6. The number of hydrogen-bond donors (Lipinski definition) is 0. The zero-order valence-corrected chi connectivity index (χ0v) is 16.3. The van der Waals surface area contributed by atoms with Gasteiger partial charge in [-0.2, -0.15) is 9.36 Å². The van der Waals surface area contributed by atoms with Gasteiger partial charge >= 0.3 is 5.69 Å². The Morgan fingerprint density at radius 2 is 1.82 bits per heavy atom. The van der Waals surface area contributed by atoms with Crippen LogP contribution in [0.3, 0.4) is 0 Å². The van der Waals surface area contributed by atoms with Gasteiger partial charge in [0.1, 0.15) is 0 Å². The quantitative estimate of drug-likeness (QED) is 0.672. The second-order valence-electron chi connectivity index (χ2n) is 6.67. The fourth-order valence-corrected chi connectivity index (χ4v) is 3.47. The topological polar surface area (TPSA) is 76.3 Å². The van der Waals surface area contributed by atoms with Gasteiger partial charge in [0, 0.05) is 30.6 Å². The fraction of sp³-hybridized carbons (Fsp3) is 0.263. The summed E-state index contributed by atoms with van der Waals surface area (Å²) in [5.41, 5.74) is 2.98. The van der Waals surface area contributed by atoms with E-state index in [4.69, 9.17) is 11.6 Å². The number of benzene rings is 2. The van der Waals surface area contributed by atoms with Crippen LogP contribution in [0.2, 0.25) is 5.02 Å². The first-order valence-corrected chi connectivity index (χ1v) is 9.25. The van der Waals surface area contributed by atoms with Crippen molar-refractivity contribution < 1.29 is 4.79 Å². The molecule has 0 atom stereocenters. The molecule has 0 N–H and O–H groups in total. The molecule has 0 saturated carbocycles. The molecule has 28 heavy (non-hydrogen) atoms. The summed E-state index contributed by atoms with van der Waals surface area (Å²) < 4.78 is 2.43. The van der Waals surface area contributed by atoms with Crippen LogP contribution < -0.4 is 10.7 Å². The number of rotatable bonds is 4. The van der Waals surface area contributed by atoms with E-state index in [1.165, 1.54) is 9.36 Å². The van der Waals surface area contributed by atoms with Crippen molar-refractivity contribution in [1.29, 1.82) is 0 Å². The molecule has 2 aromatic carbocycles. The monoisotopic (exact) mass is 398 g/mol. The summed E-state index contributed by atoms with van der Waals surface area (Å²) in [5.74, 6) is 0.0237. The number of tetrazole rings is 1. The number of hydrazine groups is 1. The first-order chi connectivity index (χ1) is 13.5. The van der Waals surface area contributed by atoms with Crippen LogP contribution in [0.5, 0.6) is 0 Å². The average molecular weight is 399 g/mol. The van der Waals surface area contributed by atoms with E-state index in [0.717, 1.165) is 16.8 Å². The lowest BCUT2D eigenvalue weighted by Crippen LogP contribution is -2.39. The molecule has 0 unspecified atom stereocenters. The minimum Gasteiger partial charge on any atom is -0.282 e. The van der Waals surface area contributed by atoms with Crippen LogP contribution in [0.1, 0.15) is 17.5 Å². The minimum absolute atomic E-state index is 0.0237. The molecular formula is C19H19ClN6O2. The Balaban J connectivity index is 1.73. The molecular weight excluding hydrogens is 380 g/mol. The Labute approximate surface area is 166 Å². The Kier molecular flexibility index (Phi) is 4.64. The first-order valence-electron chi connectivity index (χ1n) is 8.87. The molecule has 0 aliphatic carbocycles. The molecule has 0 radical (unpaired) electrons. The molecule has 1 amide bonds. The fourth-order valence-electron chi connectivity index (χ4n) is 3.35. The number of aryl methyl sites for hydroxylation is 2. The molecule has 0 bridgehead atoms. The van der Waals surface area contributed by atoms with Gasteiger partial charge in [-0.15, -0.1) is 0 Å². The molecule has 1 aromatic heterocycles. The van der Waals surface area contributed by atoms with Gasteiger partial charge in [-0.3, -0.25) is 9.80 Å². The third-order valence-electron chi connectivity index (χ3n) is 4.88. The van der Waals surface area contributed by atoms with Gasteiger partial charge in [-0.1, -0.05) is 23.7 Å². The Morgan fingerprint density at radius 1 is 1.07 bits per heavy atom. The minimum atomic E-state index is -0.339. The maximum Gasteiger partial charge on any atom is 0.368 e. The predicted octanol–water partition coefficient (Wildman–Crippen LogP) is 2.08. The highest BCUT2D eigenvalue weighted by Gasteiger charge is 2.30. The zero-order chi connectivity index (χ0) is 19.8. The number of amides is 1. The van der Waals surface area contributed by atoms with Crippen LogP contribution in [0.15, 0.2) is 47.3 Å². The summed E-state index contributed by atoms with van der Waals surface area (Å²) in [6, 6.07) is 13.0. The van der Waals surface area contributed by atoms with Crippen LogP contribution in [0.4, 0.5) is 5.69 Å². The smallest absolute Gasteiger partial charge is 0.282 e. The summed E-state index contributed by atoms with van der Waals surface area (Å²) in [7, 11) is 1.55. The van der Waals surface area contributed by atoms with Gasteiger partial charge < -0.3 is 0 Å². The largest absolute Gasteiger partial charge is 0.368 e. The molecule has 4 rings (SSSR count). The van der Waals surface area contributed by atoms with Crippen molar-refractivity contribution in [3.8, 4) is 5.69 Å². The van der Waals surface area contributed by atoms with Crippen LogP contribution in [-0.2, 0) is 18.4 Å². The van der Waals surface area contributed by atoms with Crippen molar-refractivity contribution in [2.45, 2.75) is 19.9 Å². The van der Waals surface area contributed by atoms with Gasteiger partial charge in [0.25, 0.3) is 0 Å². The van der Waals surface area contributed by atoms with Crippen LogP contribution >= 0.6 is 11.6 Å². The van der Waals surface area contributed by atoms with Crippen molar-refractivity contribution in [2.75, 3.05) is 11.6 Å². The number of hydrogen-bond acceptors (Lipinski definition) is 5. The summed E-state index contributed by atoms with van der Waals surface area (Å²) in [4.78, 5) is 25.0. The van der Waals surface area contributed by atoms with Crippen LogP contribution in [0, 0.1) is 6.92 Å². The lowest BCUT2D eigenvalue weighted by molar-refractivity contribution is -0.128. The van der Waals surface area contributed by atoms with Crippen molar-refractivity contribution in [3.05, 3.63) is 69.1 Å². The van der Waals surface area contributed by atoms with Crippen molar-refractivity contribution in [3.63, 3.8) is 0 Å². The van der Waals surface area contributed by atoms with Gasteiger partial charge in [0.15, 0.2) is 0 Å². The molecule has 1 saturated heterocycles. The predicted molar refractivity (Wildman–Crippen MR) is 105 cm³/mol. The second kappa shape index (κ2) is 7.12. The Bertz CT molecular complexity index is 1090. The van der Waals surface area contributed by atoms with Gasteiger partial charge in [-0.25, -0.2) is 9.80 Å². The van der Waals surface area contributed by atoms with E-state index in [2.05, 4.69) is 10.4 Å². The van der Waals surface area contributed by atoms with Crippen LogP contribution in [0.25, 0.3) is 5.69 Å². The number of carbonyl (C=O) groups is 1.